The Labute approximate surface area is 125 Å². The van der Waals surface area contributed by atoms with Crippen molar-refractivity contribution in [3.63, 3.8) is 0 Å². The molecule has 0 aliphatic rings. The van der Waals surface area contributed by atoms with Crippen molar-refractivity contribution in [2.75, 3.05) is 0 Å². The summed E-state index contributed by atoms with van der Waals surface area (Å²) in [5.41, 5.74) is -0.799. The molecule has 0 spiro atoms. The maximum absolute atomic E-state index is 12.7. The van der Waals surface area contributed by atoms with E-state index in [-0.39, 0.29) is 10.5 Å². The molecule has 1 amide bonds. The molecule has 1 aromatic heterocycles. The van der Waals surface area contributed by atoms with Crippen molar-refractivity contribution in [1.29, 1.82) is 0 Å². The average molecular weight is 336 g/mol. The number of aromatic nitrogens is 1. The van der Waals surface area contributed by atoms with Crippen LogP contribution in [0.4, 0.5) is 22.0 Å². The second kappa shape index (κ2) is 5.99. The van der Waals surface area contributed by atoms with Crippen LogP contribution in [0.1, 0.15) is 10.4 Å². The molecule has 118 valence electrons. The van der Waals surface area contributed by atoms with E-state index < -0.39 is 24.1 Å². The predicted molar refractivity (Wildman–Crippen MR) is 70.0 cm³/mol. The highest BCUT2D eigenvalue weighted by Gasteiger charge is 2.30. The Morgan fingerprint density at radius 3 is 2.59 bits per heavy atom. The molecule has 0 fully saturated rings. The molecule has 0 bridgehead atoms. The van der Waals surface area contributed by atoms with E-state index in [1.807, 2.05) is 0 Å². The third-order valence-corrected chi connectivity index (χ3v) is 3.51. The minimum atomic E-state index is -4.53. The summed E-state index contributed by atoms with van der Waals surface area (Å²) >= 11 is 0.929. The van der Waals surface area contributed by atoms with Crippen molar-refractivity contribution in [3.8, 4) is 5.69 Å². The number of hydrogen-bond donors (Lipinski definition) is 0. The molecule has 3 nitrogen and oxygen atoms in total. The molecule has 0 aliphatic carbocycles. The summed E-state index contributed by atoms with van der Waals surface area (Å²) in [6.07, 6.45) is -6.37. The Morgan fingerprint density at radius 1 is 1.32 bits per heavy atom. The molecule has 0 aliphatic heterocycles. The molecular formula is C13H9F5N2OS. The molecule has 1 aromatic carbocycles. The second-order valence-corrected chi connectivity index (χ2v) is 5.51. The first-order valence-electron chi connectivity index (χ1n) is 5.92. The first kappa shape index (κ1) is 16.3. The summed E-state index contributed by atoms with van der Waals surface area (Å²) in [5, 5.41) is 0. The van der Waals surface area contributed by atoms with Gasteiger partial charge in [-0.3, -0.25) is 9.36 Å². The van der Waals surface area contributed by atoms with Gasteiger partial charge < -0.3 is 0 Å². The molecule has 22 heavy (non-hydrogen) atoms. The maximum Gasteiger partial charge on any atom is 0.416 e. The highest BCUT2D eigenvalue weighted by atomic mass is 32.1. The number of carbonyl (C=O) groups is 1. The van der Waals surface area contributed by atoms with Crippen LogP contribution in [0.5, 0.6) is 0 Å². The van der Waals surface area contributed by atoms with Gasteiger partial charge in [0.05, 0.1) is 5.56 Å². The number of alkyl halides is 5. The fraction of sp³-hybridized carbons (Fsp3) is 0.231. The largest absolute Gasteiger partial charge is 0.416 e. The minimum absolute atomic E-state index is 0.0833. The van der Waals surface area contributed by atoms with Gasteiger partial charge in [0.15, 0.2) is 4.80 Å². The molecule has 2 rings (SSSR count). The lowest BCUT2D eigenvalue weighted by molar-refractivity contribution is -0.137. The third kappa shape index (κ3) is 3.59. The first-order valence-corrected chi connectivity index (χ1v) is 6.73. The van der Waals surface area contributed by atoms with Crippen molar-refractivity contribution >= 4 is 17.2 Å². The SMILES string of the molecule is Cc1cn(-c2cccc(C(F)(F)F)c2)c(=NC(=O)C(F)F)s1. The topological polar surface area (TPSA) is 34.4 Å². The van der Waals surface area contributed by atoms with Crippen LogP contribution in [0.15, 0.2) is 35.5 Å². The average Bonchev–Trinajstić information content (AvgIpc) is 2.78. The Balaban J connectivity index is 2.57. The van der Waals surface area contributed by atoms with E-state index >= 15 is 0 Å². The maximum atomic E-state index is 12.7. The number of rotatable bonds is 2. The van der Waals surface area contributed by atoms with E-state index in [1.165, 1.54) is 22.9 Å². The van der Waals surface area contributed by atoms with E-state index in [0.717, 1.165) is 23.5 Å². The molecule has 0 atom stereocenters. The number of halogens is 5. The van der Waals surface area contributed by atoms with E-state index in [0.29, 0.717) is 4.88 Å². The zero-order valence-electron chi connectivity index (χ0n) is 11.1. The fourth-order valence-corrected chi connectivity index (χ4v) is 2.53. The van der Waals surface area contributed by atoms with E-state index in [4.69, 9.17) is 0 Å². The summed E-state index contributed by atoms with van der Waals surface area (Å²) in [5.74, 6) is -1.64. The second-order valence-electron chi connectivity index (χ2n) is 4.29. The Bertz CT molecular complexity index is 760. The van der Waals surface area contributed by atoms with Gasteiger partial charge in [0.25, 0.3) is 0 Å². The molecule has 0 unspecified atom stereocenters. The Kier molecular flexibility index (Phi) is 4.45. The predicted octanol–water partition coefficient (Wildman–Crippen LogP) is 3.56. The number of benzene rings is 1. The number of amides is 1. The number of aryl methyl sites for hydroxylation is 1. The Morgan fingerprint density at radius 2 is 2.00 bits per heavy atom. The van der Waals surface area contributed by atoms with Gasteiger partial charge in [-0.1, -0.05) is 6.07 Å². The van der Waals surface area contributed by atoms with Crippen molar-refractivity contribution < 1.29 is 26.7 Å². The highest BCUT2D eigenvalue weighted by molar-refractivity contribution is 7.09. The van der Waals surface area contributed by atoms with Gasteiger partial charge in [-0.05, 0) is 25.1 Å². The van der Waals surface area contributed by atoms with Crippen LogP contribution in [0.25, 0.3) is 5.69 Å². The number of carbonyl (C=O) groups excluding carboxylic acids is 1. The minimum Gasteiger partial charge on any atom is -0.292 e. The van der Waals surface area contributed by atoms with Gasteiger partial charge in [0.2, 0.25) is 0 Å². The smallest absolute Gasteiger partial charge is 0.292 e. The highest BCUT2D eigenvalue weighted by Crippen LogP contribution is 2.30. The van der Waals surface area contributed by atoms with Crippen molar-refractivity contribution in [3.05, 3.63) is 45.7 Å². The molecule has 9 heteroatoms. The first-order chi connectivity index (χ1) is 10.2. The van der Waals surface area contributed by atoms with Crippen molar-refractivity contribution in [1.82, 2.24) is 4.57 Å². The van der Waals surface area contributed by atoms with Gasteiger partial charge >= 0.3 is 18.5 Å². The van der Waals surface area contributed by atoms with Crippen LogP contribution >= 0.6 is 11.3 Å². The standard InChI is InChI=1S/C13H9F5N2OS/c1-7-6-20(12(22-7)19-11(21)10(14)15)9-4-2-3-8(5-9)13(16,17)18/h2-6,10H,1H3. The van der Waals surface area contributed by atoms with Crippen LogP contribution in [0.2, 0.25) is 0 Å². The van der Waals surface area contributed by atoms with Crippen LogP contribution in [0, 0.1) is 6.92 Å². The lowest BCUT2D eigenvalue weighted by Gasteiger charge is -2.09. The monoisotopic (exact) mass is 336 g/mol. The number of nitrogens with zero attached hydrogens (tertiary/aromatic N) is 2. The van der Waals surface area contributed by atoms with E-state index in [2.05, 4.69) is 4.99 Å². The summed E-state index contributed by atoms with van der Waals surface area (Å²) in [6.45, 7) is 1.63. The number of thiazole rings is 1. The van der Waals surface area contributed by atoms with Crippen LogP contribution in [0.3, 0.4) is 0 Å². The molecule has 0 saturated carbocycles. The van der Waals surface area contributed by atoms with Gasteiger partial charge in [-0.2, -0.15) is 26.9 Å². The molecule has 2 aromatic rings. The Hall–Kier alpha value is -2.03. The van der Waals surface area contributed by atoms with E-state index in [9.17, 15) is 26.7 Å². The molecule has 1 heterocycles. The molecule has 0 radical (unpaired) electrons. The molecular weight excluding hydrogens is 327 g/mol. The number of hydrogen-bond acceptors (Lipinski definition) is 2. The summed E-state index contributed by atoms with van der Waals surface area (Å²) in [6, 6.07) is 4.31. The quantitative estimate of drug-likeness (QED) is 0.772. The summed E-state index contributed by atoms with van der Waals surface area (Å²) in [7, 11) is 0. The summed E-state index contributed by atoms with van der Waals surface area (Å²) < 4.78 is 63.9. The zero-order valence-corrected chi connectivity index (χ0v) is 11.9. The van der Waals surface area contributed by atoms with Gasteiger partial charge in [0.1, 0.15) is 0 Å². The molecule has 0 saturated heterocycles. The van der Waals surface area contributed by atoms with Crippen LogP contribution in [-0.2, 0) is 11.0 Å². The lowest BCUT2D eigenvalue weighted by atomic mass is 10.2. The van der Waals surface area contributed by atoms with Crippen LogP contribution in [-0.4, -0.2) is 16.9 Å². The lowest BCUT2D eigenvalue weighted by Crippen LogP contribution is -2.18. The zero-order chi connectivity index (χ0) is 16.5. The third-order valence-electron chi connectivity index (χ3n) is 2.61. The molecule has 0 N–H and O–H groups in total. The van der Waals surface area contributed by atoms with Gasteiger partial charge in [-0.15, -0.1) is 11.3 Å². The normalized spacial score (nSPS) is 13.0. The van der Waals surface area contributed by atoms with Crippen molar-refractivity contribution in [2.24, 2.45) is 4.99 Å². The van der Waals surface area contributed by atoms with Gasteiger partial charge in [0, 0.05) is 16.8 Å². The summed E-state index contributed by atoms with van der Waals surface area (Å²) in [4.78, 5) is 14.8. The van der Waals surface area contributed by atoms with Crippen LogP contribution < -0.4 is 4.80 Å². The fourth-order valence-electron chi connectivity index (χ4n) is 1.69. The van der Waals surface area contributed by atoms with E-state index in [1.54, 1.807) is 6.92 Å². The van der Waals surface area contributed by atoms with Gasteiger partial charge in [-0.25, -0.2) is 0 Å². The van der Waals surface area contributed by atoms with Crippen molar-refractivity contribution in [2.45, 2.75) is 19.5 Å².